The monoisotopic (exact) mass is 400 g/mol. The summed E-state index contributed by atoms with van der Waals surface area (Å²) in [5, 5.41) is 9.89. The molecule has 1 aliphatic heterocycles. The van der Waals surface area contributed by atoms with Crippen molar-refractivity contribution in [2.75, 3.05) is 6.54 Å². The number of nitrogens with one attached hydrogen (secondary N) is 3. The summed E-state index contributed by atoms with van der Waals surface area (Å²) in [6.07, 6.45) is 0. The van der Waals surface area contributed by atoms with E-state index in [9.17, 15) is 9.59 Å². The van der Waals surface area contributed by atoms with Crippen molar-refractivity contribution in [1.29, 1.82) is 0 Å². The first-order valence-electron chi connectivity index (χ1n) is 8.47. The van der Waals surface area contributed by atoms with Gasteiger partial charge >= 0.3 is 6.03 Å². The maximum atomic E-state index is 12.7. The van der Waals surface area contributed by atoms with E-state index in [2.05, 4.69) is 20.9 Å². The summed E-state index contributed by atoms with van der Waals surface area (Å²) in [4.78, 5) is 28.5. The first kappa shape index (κ1) is 17.8. The van der Waals surface area contributed by atoms with Gasteiger partial charge in [-0.25, -0.2) is 9.78 Å². The van der Waals surface area contributed by atoms with E-state index in [0.29, 0.717) is 5.02 Å². The smallest absolute Gasteiger partial charge is 0.315 e. The molecule has 2 aromatic carbocycles. The van der Waals surface area contributed by atoms with Crippen LogP contribution in [0.15, 0.2) is 42.5 Å². The van der Waals surface area contributed by atoms with E-state index in [1.807, 2.05) is 37.3 Å². The third kappa shape index (κ3) is 3.74. The van der Waals surface area contributed by atoms with Crippen LogP contribution in [0.2, 0.25) is 5.02 Å². The fraction of sp³-hybridized carbons (Fsp3) is 0.211. The molecule has 0 saturated carbocycles. The van der Waals surface area contributed by atoms with Gasteiger partial charge in [-0.1, -0.05) is 29.8 Å². The Morgan fingerprint density at radius 1 is 1.26 bits per heavy atom. The van der Waals surface area contributed by atoms with Gasteiger partial charge in [-0.3, -0.25) is 4.79 Å². The fourth-order valence-corrected chi connectivity index (χ4v) is 4.11. The SMILES string of the molecule is Cc1nc2ccc([C@H](NC(=O)[C@@H]3CNC(=O)N3)c3ccc(Cl)cc3)cc2s1. The topological polar surface area (TPSA) is 83.1 Å². The van der Waals surface area contributed by atoms with Gasteiger partial charge < -0.3 is 16.0 Å². The molecular formula is C19H17ClN4O2S. The molecule has 27 heavy (non-hydrogen) atoms. The van der Waals surface area contributed by atoms with Gasteiger partial charge in [-0.2, -0.15) is 0 Å². The number of hydrogen-bond acceptors (Lipinski definition) is 4. The lowest BCUT2D eigenvalue weighted by atomic mass is 9.98. The van der Waals surface area contributed by atoms with Crippen LogP contribution in [-0.4, -0.2) is 29.5 Å². The maximum absolute atomic E-state index is 12.7. The zero-order valence-corrected chi connectivity index (χ0v) is 16.0. The molecule has 2 atom stereocenters. The Balaban J connectivity index is 1.69. The molecule has 0 spiro atoms. The minimum Gasteiger partial charge on any atom is -0.343 e. The van der Waals surface area contributed by atoms with Crippen LogP contribution in [0.1, 0.15) is 22.2 Å². The van der Waals surface area contributed by atoms with Gasteiger partial charge in [-0.05, 0) is 42.3 Å². The predicted octanol–water partition coefficient (Wildman–Crippen LogP) is 3.15. The van der Waals surface area contributed by atoms with Crippen LogP contribution in [0, 0.1) is 6.92 Å². The number of hydrogen-bond donors (Lipinski definition) is 3. The van der Waals surface area contributed by atoms with Crippen LogP contribution in [0.3, 0.4) is 0 Å². The van der Waals surface area contributed by atoms with Crippen LogP contribution in [0.4, 0.5) is 4.79 Å². The Hall–Kier alpha value is -2.64. The summed E-state index contributed by atoms with van der Waals surface area (Å²) in [7, 11) is 0. The average Bonchev–Trinajstić information content (AvgIpc) is 3.24. The van der Waals surface area contributed by atoms with Crippen LogP contribution in [0.25, 0.3) is 10.2 Å². The molecule has 3 aromatic rings. The summed E-state index contributed by atoms with van der Waals surface area (Å²) in [6, 6.07) is 12.1. The highest BCUT2D eigenvalue weighted by molar-refractivity contribution is 7.18. The fourth-order valence-electron chi connectivity index (χ4n) is 3.11. The zero-order valence-electron chi connectivity index (χ0n) is 14.5. The lowest BCUT2D eigenvalue weighted by Gasteiger charge is -2.22. The molecule has 138 valence electrons. The van der Waals surface area contributed by atoms with Gasteiger partial charge in [0, 0.05) is 11.6 Å². The Kier molecular flexibility index (Phi) is 4.72. The highest BCUT2D eigenvalue weighted by atomic mass is 35.5. The van der Waals surface area contributed by atoms with E-state index >= 15 is 0 Å². The number of rotatable bonds is 4. The lowest BCUT2D eigenvalue weighted by Crippen LogP contribution is -2.44. The number of aromatic nitrogens is 1. The first-order chi connectivity index (χ1) is 13.0. The Morgan fingerprint density at radius 2 is 2.00 bits per heavy atom. The van der Waals surface area contributed by atoms with E-state index < -0.39 is 6.04 Å². The number of carbonyl (C=O) groups excluding carboxylic acids is 2. The highest BCUT2D eigenvalue weighted by Crippen LogP contribution is 2.29. The van der Waals surface area contributed by atoms with Crippen molar-refractivity contribution >= 4 is 45.1 Å². The van der Waals surface area contributed by atoms with Gasteiger partial charge in [0.05, 0.1) is 21.3 Å². The largest absolute Gasteiger partial charge is 0.343 e. The summed E-state index contributed by atoms with van der Waals surface area (Å²) < 4.78 is 1.06. The summed E-state index contributed by atoms with van der Waals surface area (Å²) in [5.74, 6) is -0.242. The summed E-state index contributed by atoms with van der Waals surface area (Å²) in [5.41, 5.74) is 2.79. The molecule has 0 bridgehead atoms. The molecule has 1 aromatic heterocycles. The molecule has 2 heterocycles. The van der Waals surface area contributed by atoms with Crippen molar-refractivity contribution in [2.45, 2.75) is 19.0 Å². The van der Waals surface area contributed by atoms with Crippen molar-refractivity contribution in [3.63, 3.8) is 0 Å². The quantitative estimate of drug-likeness (QED) is 0.629. The maximum Gasteiger partial charge on any atom is 0.315 e. The number of nitrogens with zero attached hydrogens (tertiary/aromatic N) is 1. The molecule has 1 aliphatic rings. The van der Waals surface area contributed by atoms with Crippen LogP contribution < -0.4 is 16.0 Å². The van der Waals surface area contributed by atoms with Crippen molar-refractivity contribution in [3.8, 4) is 0 Å². The van der Waals surface area contributed by atoms with Crippen molar-refractivity contribution in [2.24, 2.45) is 0 Å². The van der Waals surface area contributed by atoms with Crippen LogP contribution in [0.5, 0.6) is 0 Å². The van der Waals surface area contributed by atoms with Crippen LogP contribution >= 0.6 is 22.9 Å². The lowest BCUT2D eigenvalue weighted by molar-refractivity contribution is -0.122. The van der Waals surface area contributed by atoms with Crippen molar-refractivity contribution in [3.05, 3.63) is 63.6 Å². The molecule has 3 amide bonds. The average molecular weight is 401 g/mol. The molecule has 0 unspecified atom stereocenters. The molecule has 0 radical (unpaired) electrons. The van der Waals surface area contributed by atoms with Gasteiger partial charge in [0.2, 0.25) is 5.91 Å². The highest BCUT2D eigenvalue weighted by Gasteiger charge is 2.29. The Labute approximate surface area is 164 Å². The number of aryl methyl sites for hydroxylation is 1. The third-order valence-corrected chi connectivity index (χ3v) is 5.62. The van der Waals surface area contributed by atoms with E-state index in [-0.39, 0.29) is 24.5 Å². The summed E-state index contributed by atoms with van der Waals surface area (Å²) in [6.45, 7) is 2.24. The number of benzene rings is 2. The molecule has 1 saturated heterocycles. The summed E-state index contributed by atoms with van der Waals surface area (Å²) >= 11 is 7.63. The van der Waals surface area contributed by atoms with E-state index in [1.165, 1.54) is 0 Å². The second kappa shape index (κ2) is 7.17. The minimum atomic E-state index is -0.596. The number of urea groups is 1. The molecule has 1 fully saturated rings. The normalized spacial score (nSPS) is 17.4. The Bertz CT molecular complexity index is 1020. The molecular weight excluding hydrogens is 384 g/mol. The standard InChI is InChI=1S/C19H17ClN4O2S/c1-10-22-14-7-4-12(8-16(14)27-10)17(11-2-5-13(20)6-3-11)24-18(25)15-9-21-19(26)23-15/h2-8,15,17H,9H2,1H3,(H,24,25)(H2,21,23,26)/t15-,17+/m0/s1. The van der Waals surface area contributed by atoms with Crippen LogP contribution in [-0.2, 0) is 4.79 Å². The van der Waals surface area contributed by atoms with E-state index in [4.69, 9.17) is 11.6 Å². The number of thiazole rings is 1. The molecule has 8 heteroatoms. The van der Waals surface area contributed by atoms with Crippen molar-refractivity contribution < 1.29 is 9.59 Å². The van der Waals surface area contributed by atoms with Gasteiger partial charge in [0.15, 0.2) is 0 Å². The minimum absolute atomic E-state index is 0.242. The van der Waals surface area contributed by atoms with E-state index in [0.717, 1.165) is 26.4 Å². The predicted molar refractivity (Wildman–Crippen MR) is 106 cm³/mol. The number of halogens is 1. The molecule has 4 rings (SSSR count). The second-order valence-corrected chi connectivity index (χ2v) is 8.03. The van der Waals surface area contributed by atoms with Gasteiger partial charge in [-0.15, -0.1) is 11.3 Å². The molecule has 0 aliphatic carbocycles. The van der Waals surface area contributed by atoms with Crippen molar-refractivity contribution in [1.82, 2.24) is 20.9 Å². The molecule has 3 N–H and O–H groups in total. The zero-order chi connectivity index (χ0) is 19.0. The second-order valence-electron chi connectivity index (χ2n) is 6.36. The molecule has 6 nitrogen and oxygen atoms in total. The van der Waals surface area contributed by atoms with E-state index in [1.54, 1.807) is 23.5 Å². The first-order valence-corrected chi connectivity index (χ1v) is 9.66. The number of amides is 3. The Morgan fingerprint density at radius 3 is 2.70 bits per heavy atom. The van der Waals surface area contributed by atoms with Gasteiger partial charge in [0.1, 0.15) is 6.04 Å². The number of fused-ring (bicyclic) bond motifs is 1. The third-order valence-electron chi connectivity index (χ3n) is 4.43. The number of carbonyl (C=O) groups is 2. The van der Waals surface area contributed by atoms with Gasteiger partial charge in [0.25, 0.3) is 0 Å².